The van der Waals surface area contributed by atoms with Gasteiger partial charge in [0, 0.05) is 25.2 Å². The van der Waals surface area contributed by atoms with E-state index in [4.69, 9.17) is 23.2 Å². The van der Waals surface area contributed by atoms with E-state index in [1.807, 2.05) is 38.1 Å². The first-order valence-electron chi connectivity index (χ1n) is 8.53. The molecule has 0 saturated carbocycles. The number of hydrogen-bond donors (Lipinski definition) is 0. The Morgan fingerprint density at radius 2 is 1.85 bits per heavy atom. The molecular weight excluding hydrogens is 387 g/mol. The van der Waals surface area contributed by atoms with Gasteiger partial charge in [-0.3, -0.25) is 13.9 Å². The molecule has 3 aromatic rings. The van der Waals surface area contributed by atoms with E-state index in [9.17, 15) is 9.59 Å². The van der Waals surface area contributed by atoms with Crippen LogP contribution in [0.15, 0.2) is 45.5 Å². The number of aromatic nitrogens is 4. The smallest absolute Gasteiger partial charge is 0.305 e. The van der Waals surface area contributed by atoms with Crippen molar-refractivity contribution in [3.8, 4) is 0 Å². The van der Waals surface area contributed by atoms with Gasteiger partial charge in [0.05, 0.1) is 0 Å². The Bertz CT molecular complexity index is 1150. The molecule has 3 rings (SSSR count). The summed E-state index contributed by atoms with van der Waals surface area (Å²) in [5.74, 6) is 0. The standard InChI is InChI=1S/C19H20Cl2N4O2/c1-12(2)8-10-24-15-16(22-18(24)21)23(3)19(27)25(17(15)26)11-9-13-6-4-5-7-14(13)20/h4-8H,9-11H2,1-3H3. The highest BCUT2D eigenvalue weighted by molar-refractivity contribution is 6.31. The Hall–Kier alpha value is -2.31. The second-order valence-corrected chi connectivity index (χ2v) is 7.33. The van der Waals surface area contributed by atoms with Gasteiger partial charge in [-0.2, -0.15) is 4.98 Å². The summed E-state index contributed by atoms with van der Waals surface area (Å²) in [6.07, 6.45) is 2.42. The van der Waals surface area contributed by atoms with Gasteiger partial charge in [-0.05, 0) is 43.5 Å². The lowest BCUT2D eigenvalue weighted by molar-refractivity contribution is 0.600. The number of allylic oxidation sites excluding steroid dienone is 2. The number of rotatable bonds is 5. The average molecular weight is 407 g/mol. The maximum Gasteiger partial charge on any atom is 0.332 e. The van der Waals surface area contributed by atoms with Crippen LogP contribution in [-0.4, -0.2) is 18.7 Å². The van der Waals surface area contributed by atoms with Crippen LogP contribution in [0.3, 0.4) is 0 Å². The van der Waals surface area contributed by atoms with Crippen molar-refractivity contribution in [3.63, 3.8) is 0 Å². The third-order valence-corrected chi connectivity index (χ3v) is 5.09. The molecule has 0 bridgehead atoms. The Kier molecular flexibility index (Phi) is 5.58. The third kappa shape index (κ3) is 3.73. The van der Waals surface area contributed by atoms with Crippen molar-refractivity contribution in [1.82, 2.24) is 18.7 Å². The van der Waals surface area contributed by atoms with Crippen LogP contribution in [-0.2, 0) is 26.6 Å². The van der Waals surface area contributed by atoms with Crippen molar-refractivity contribution in [2.24, 2.45) is 7.05 Å². The lowest BCUT2D eigenvalue weighted by Gasteiger charge is -2.10. The molecule has 142 valence electrons. The van der Waals surface area contributed by atoms with Gasteiger partial charge >= 0.3 is 5.69 Å². The summed E-state index contributed by atoms with van der Waals surface area (Å²) in [5, 5.41) is 0.790. The van der Waals surface area contributed by atoms with Crippen LogP contribution in [0.25, 0.3) is 11.2 Å². The summed E-state index contributed by atoms with van der Waals surface area (Å²) in [4.78, 5) is 30.0. The zero-order valence-electron chi connectivity index (χ0n) is 15.4. The molecule has 1 aromatic carbocycles. The van der Waals surface area contributed by atoms with Gasteiger partial charge in [0.15, 0.2) is 11.2 Å². The van der Waals surface area contributed by atoms with Crippen LogP contribution in [0.2, 0.25) is 10.3 Å². The Morgan fingerprint density at radius 3 is 2.52 bits per heavy atom. The number of imidazole rings is 1. The molecule has 27 heavy (non-hydrogen) atoms. The minimum absolute atomic E-state index is 0.179. The van der Waals surface area contributed by atoms with E-state index < -0.39 is 11.2 Å². The number of aryl methyl sites for hydroxylation is 2. The van der Waals surface area contributed by atoms with Crippen molar-refractivity contribution in [2.75, 3.05) is 0 Å². The number of halogens is 2. The Labute approximate surface area is 166 Å². The summed E-state index contributed by atoms with van der Waals surface area (Å²) in [6.45, 7) is 4.56. The van der Waals surface area contributed by atoms with Crippen LogP contribution in [0.5, 0.6) is 0 Å². The van der Waals surface area contributed by atoms with E-state index in [0.717, 1.165) is 11.1 Å². The van der Waals surface area contributed by atoms with Crippen LogP contribution < -0.4 is 11.2 Å². The van der Waals surface area contributed by atoms with E-state index >= 15 is 0 Å². The zero-order chi connectivity index (χ0) is 19.7. The fourth-order valence-corrected chi connectivity index (χ4v) is 3.38. The topological polar surface area (TPSA) is 61.8 Å². The molecule has 2 heterocycles. The largest absolute Gasteiger partial charge is 0.332 e. The van der Waals surface area contributed by atoms with Crippen molar-refractivity contribution < 1.29 is 0 Å². The average Bonchev–Trinajstić information content (AvgIpc) is 2.96. The number of fused-ring (bicyclic) bond motifs is 1. The molecule has 0 unspecified atom stereocenters. The highest BCUT2D eigenvalue weighted by Crippen LogP contribution is 2.17. The molecule has 0 amide bonds. The summed E-state index contributed by atoms with van der Waals surface area (Å²) >= 11 is 12.4. The van der Waals surface area contributed by atoms with Gasteiger partial charge in [-0.15, -0.1) is 0 Å². The fraction of sp³-hybridized carbons (Fsp3) is 0.316. The lowest BCUT2D eigenvalue weighted by Crippen LogP contribution is -2.40. The summed E-state index contributed by atoms with van der Waals surface area (Å²) < 4.78 is 4.19. The molecule has 2 aromatic heterocycles. The van der Waals surface area contributed by atoms with Crippen molar-refractivity contribution >= 4 is 34.4 Å². The minimum Gasteiger partial charge on any atom is -0.305 e. The number of hydrogen-bond acceptors (Lipinski definition) is 3. The molecule has 0 radical (unpaired) electrons. The van der Waals surface area contributed by atoms with Crippen LogP contribution in [0.1, 0.15) is 19.4 Å². The first kappa shape index (κ1) is 19.5. The minimum atomic E-state index is -0.428. The number of nitrogens with zero attached hydrogens (tertiary/aromatic N) is 4. The van der Waals surface area contributed by atoms with E-state index in [1.54, 1.807) is 17.7 Å². The van der Waals surface area contributed by atoms with Crippen molar-refractivity contribution in [2.45, 2.75) is 33.4 Å². The molecular formula is C19H20Cl2N4O2. The van der Waals surface area contributed by atoms with Gasteiger partial charge in [0.1, 0.15) is 0 Å². The van der Waals surface area contributed by atoms with Gasteiger partial charge in [0.2, 0.25) is 5.28 Å². The second kappa shape index (κ2) is 7.74. The SMILES string of the molecule is CC(C)=CCn1c(Cl)nc2c1c(=O)n(CCc1ccccc1Cl)c(=O)n2C. The highest BCUT2D eigenvalue weighted by Gasteiger charge is 2.19. The Morgan fingerprint density at radius 1 is 1.15 bits per heavy atom. The van der Waals surface area contributed by atoms with E-state index in [0.29, 0.717) is 23.5 Å². The van der Waals surface area contributed by atoms with Gasteiger partial charge in [-0.1, -0.05) is 41.4 Å². The normalized spacial score (nSPS) is 11.1. The first-order chi connectivity index (χ1) is 12.8. The maximum absolute atomic E-state index is 13.1. The molecule has 0 N–H and O–H groups in total. The monoisotopic (exact) mass is 406 g/mol. The fourth-order valence-electron chi connectivity index (χ4n) is 2.92. The highest BCUT2D eigenvalue weighted by atomic mass is 35.5. The third-order valence-electron chi connectivity index (χ3n) is 4.43. The summed E-state index contributed by atoms with van der Waals surface area (Å²) in [7, 11) is 1.59. The summed E-state index contributed by atoms with van der Waals surface area (Å²) in [6, 6.07) is 7.38. The first-order valence-corrected chi connectivity index (χ1v) is 9.29. The van der Waals surface area contributed by atoms with E-state index in [-0.39, 0.29) is 17.5 Å². The molecule has 0 atom stereocenters. The van der Waals surface area contributed by atoms with Crippen LogP contribution in [0.4, 0.5) is 0 Å². The lowest BCUT2D eigenvalue weighted by atomic mass is 10.1. The molecule has 0 aliphatic rings. The molecule has 0 aliphatic heterocycles. The predicted molar refractivity (Wildman–Crippen MR) is 109 cm³/mol. The molecule has 0 saturated heterocycles. The molecule has 8 heteroatoms. The van der Waals surface area contributed by atoms with Crippen molar-refractivity contribution in [1.29, 1.82) is 0 Å². The maximum atomic E-state index is 13.1. The number of benzene rings is 1. The van der Waals surface area contributed by atoms with E-state index in [1.165, 1.54) is 9.13 Å². The van der Waals surface area contributed by atoms with E-state index in [2.05, 4.69) is 4.98 Å². The second-order valence-electron chi connectivity index (χ2n) is 6.58. The molecule has 0 aliphatic carbocycles. The molecule has 0 fully saturated rings. The zero-order valence-corrected chi connectivity index (χ0v) is 16.9. The van der Waals surface area contributed by atoms with Crippen LogP contribution >= 0.6 is 23.2 Å². The predicted octanol–water partition coefficient (Wildman–Crippen LogP) is 3.41. The van der Waals surface area contributed by atoms with Gasteiger partial charge < -0.3 is 4.57 Å². The van der Waals surface area contributed by atoms with Crippen LogP contribution in [0, 0.1) is 0 Å². The van der Waals surface area contributed by atoms with Gasteiger partial charge in [0.25, 0.3) is 5.56 Å². The molecule has 0 spiro atoms. The van der Waals surface area contributed by atoms with Crippen molar-refractivity contribution in [3.05, 3.63) is 72.6 Å². The van der Waals surface area contributed by atoms with Gasteiger partial charge in [-0.25, -0.2) is 4.79 Å². The Balaban J connectivity index is 2.12. The summed E-state index contributed by atoms with van der Waals surface area (Å²) in [5.41, 5.74) is 1.75. The quantitative estimate of drug-likeness (QED) is 0.481. The molecule has 6 nitrogen and oxygen atoms in total.